The second-order valence-corrected chi connectivity index (χ2v) is 4.43. The van der Waals surface area contributed by atoms with E-state index < -0.39 is 0 Å². The van der Waals surface area contributed by atoms with Crippen LogP contribution in [0.1, 0.15) is 0 Å². The number of ether oxygens (including phenoxy) is 1. The summed E-state index contributed by atoms with van der Waals surface area (Å²) in [6.07, 6.45) is 1.56. The van der Waals surface area contributed by atoms with Gasteiger partial charge >= 0.3 is 0 Å². The van der Waals surface area contributed by atoms with Gasteiger partial charge in [-0.15, -0.1) is 11.3 Å². The minimum absolute atomic E-state index is 0.0966. The van der Waals surface area contributed by atoms with Crippen LogP contribution in [0.3, 0.4) is 0 Å². The molecule has 17 heavy (non-hydrogen) atoms. The molecule has 0 atom stereocenters. The molecule has 0 aliphatic rings. The van der Waals surface area contributed by atoms with Crippen LogP contribution in [-0.4, -0.2) is 48.5 Å². The number of aromatic nitrogens is 2. The number of nitrogens with zero attached hydrogens (tertiary/aromatic N) is 3. The molecule has 2 heterocycles. The van der Waals surface area contributed by atoms with Crippen LogP contribution in [0.15, 0.2) is 17.8 Å². The molecule has 1 N–H and O–H groups in total. The Morgan fingerprint density at radius 2 is 2.29 bits per heavy atom. The molecule has 0 amide bonds. The second-order valence-electron chi connectivity index (χ2n) is 3.54. The first kappa shape index (κ1) is 12.2. The van der Waals surface area contributed by atoms with Gasteiger partial charge in [0.05, 0.1) is 18.6 Å². The van der Waals surface area contributed by atoms with E-state index in [4.69, 9.17) is 9.84 Å². The average molecular weight is 253 g/mol. The normalized spacial score (nSPS) is 10.9. The van der Waals surface area contributed by atoms with Crippen molar-refractivity contribution in [3.05, 3.63) is 17.8 Å². The Balaban J connectivity index is 2.30. The molecule has 0 saturated heterocycles. The van der Waals surface area contributed by atoms with Gasteiger partial charge < -0.3 is 14.7 Å². The van der Waals surface area contributed by atoms with Crippen molar-refractivity contribution in [2.24, 2.45) is 0 Å². The van der Waals surface area contributed by atoms with Gasteiger partial charge in [-0.3, -0.25) is 0 Å². The fraction of sp³-hybridized carbons (Fsp3) is 0.455. The Morgan fingerprint density at radius 3 is 3.06 bits per heavy atom. The smallest absolute Gasteiger partial charge is 0.140 e. The van der Waals surface area contributed by atoms with Crippen molar-refractivity contribution in [1.29, 1.82) is 0 Å². The molecule has 0 unspecified atom stereocenters. The second kappa shape index (κ2) is 5.90. The van der Waals surface area contributed by atoms with E-state index in [9.17, 15) is 0 Å². The van der Waals surface area contributed by atoms with E-state index in [0.29, 0.717) is 19.7 Å². The summed E-state index contributed by atoms with van der Waals surface area (Å²) in [5.41, 5.74) is 0. The van der Waals surface area contributed by atoms with Crippen LogP contribution in [0, 0.1) is 0 Å². The van der Waals surface area contributed by atoms with Gasteiger partial charge in [0, 0.05) is 20.2 Å². The summed E-state index contributed by atoms with van der Waals surface area (Å²) < 4.78 is 5.07. The quantitative estimate of drug-likeness (QED) is 0.836. The van der Waals surface area contributed by atoms with Crippen molar-refractivity contribution < 1.29 is 9.84 Å². The summed E-state index contributed by atoms with van der Waals surface area (Å²) >= 11 is 1.59. The minimum Gasteiger partial charge on any atom is -0.395 e. The first-order valence-corrected chi connectivity index (χ1v) is 6.27. The van der Waals surface area contributed by atoms with Gasteiger partial charge in [-0.05, 0) is 11.4 Å². The number of hydrogen-bond donors (Lipinski definition) is 1. The van der Waals surface area contributed by atoms with Crippen LogP contribution in [0.4, 0.5) is 5.82 Å². The van der Waals surface area contributed by atoms with Gasteiger partial charge in [-0.25, -0.2) is 9.97 Å². The molecule has 2 aromatic rings. The van der Waals surface area contributed by atoms with E-state index in [-0.39, 0.29) is 6.61 Å². The fourth-order valence-corrected chi connectivity index (χ4v) is 2.40. The van der Waals surface area contributed by atoms with E-state index >= 15 is 0 Å². The highest BCUT2D eigenvalue weighted by Gasteiger charge is 2.12. The maximum atomic E-state index is 9.10. The summed E-state index contributed by atoms with van der Waals surface area (Å²) in [5, 5.41) is 12.1. The SMILES string of the molecule is COCCN(CCO)c1ncnc2sccc12. The molecular formula is C11H15N3O2S. The van der Waals surface area contributed by atoms with Gasteiger partial charge in [0.1, 0.15) is 17.0 Å². The van der Waals surface area contributed by atoms with Crippen molar-refractivity contribution in [2.75, 3.05) is 38.3 Å². The van der Waals surface area contributed by atoms with Gasteiger partial charge in [0.2, 0.25) is 0 Å². The summed E-state index contributed by atoms with van der Waals surface area (Å²) in [7, 11) is 1.66. The number of aliphatic hydroxyl groups is 1. The number of aliphatic hydroxyl groups excluding tert-OH is 1. The zero-order valence-corrected chi connectivity index (χ0v) is 10.5. The Labute approximate surface area is 104 Å². The molecule has 0 radical (unpaired) electrons. The average Bonchev–Trinajstić information content (AvgIpc) is 2.82. The van der Waals surface area contributed by atoms with Crippen molar-refractivity contribution in [2.45, 2.75) is 0 Å². The third kappa shape index (κ3) is 2.71. The molecule has 2 rings (SSSR count). The first-order valence-electron chi connectivity index (χ1n) is 5.39. The maximum absolute atomic E-state index is 9.10. The molecule has 0 aromatic carbocycles. The zero-order valence-electron chi connectivity index (χ0n) is 9.67. The van der Waals surface area contributed by atoms with Crippen molar-refractivity contribution in [3.8, 4) is 0 Å². The fourth-order valence-electron chi connectivity index (χ4n) is 1.67. The highest BCUT2D eigenvalue weighted by molar-refractivity contribution is 7.16. The van der Waals surface area contributed by atoms with Crippen LogP contribution < -0.4 is 4.90 Å². The van der Waals surface area contributed by atoms with Gasteiger partial charge in [-0.1, -0.05) is 0 Å². The van der Waals surface area contributed by atoms with E-state index in [2.05, 4.69) is 9.97 Å². The number of methoxy groups -OCH3 is 1. The summed E-state index contributed by atoms with van der Waals surface area (Å²) in [6, 6.07) is 2.01. The van der Waals surface area contributed by atoms with Crippen molar-refractivity contribution in [3.63, 3.8) is 0 Å². The molecule has 2 aromatic heterocycles. The van der Waals surface area contributed by atoms with Crippen molar-refractivity contribution >= 4 is 27.4 Å². The molecule has 0 bridgehead atoms. The van der Waals surface area contributed by atoms with Gasteiger partial charge in [-0.2, -0.15) is 0 Å². The Morgan fingerprint density at radius 1 is 1.41 bits per heavy atom. The molecule has 0 aliphatic carbocycles. The number of thiophene rings is 1. The van der Waals surface area contributed by atoms with Crippen LogP contribution in [0.5, 0.6) is 0 Å². The topological polar surface area (TPSA) is 58.5 Å². The lowest BCUT2D eigenvalue weighted by atomic mass is 10.3. The van der Waals surface area contributed by atoms with Crippen molar-refractivity contribution in [1.82, 2.24) is 9.97 Å². The zero-order chi connectivity index (χ0) is 12.1. The molecule has 0 spiro atoms. The van der Waals surface area contributed by atoms with Gasteiger partial charge in [0.15, 0.2) is 0 Å². The summed E-state index contributed by atoms with van der Waals surface area (Å²) in [6.45, 7) is 1.96. The monoisotopic (exact) mass is 253 g/mol. The van der Waals surface area contributed by atoms with E-state index in [1.54, 1.807) is 24.8 Å². The van der Waals surface area contributed by atoms with Crippen LogP contribution in [0.2, 0.25) is 0 Å². The lowest BCUT2D eigenvalue weighted by molar-refractivity contribution is 0.202. The van der Waals surface area contributed by atoms with Crippen LogP contribution >= 0.6 is 11.3 Å². The summed E-state index contributed by atoms with van der Waals surface area (Å²) in [5.74, 6) is 0.863. The predicted octanol–water partition coefficient (Wildman–Crippen LogP) is 1.14. The number of anilines is 1. The van der Waals surface area contributed by atoms with Crippen LogP contribution in [-0.2, 0) is 4.74 Å². The number of fused-ring (bicyclic) bond motifs is 1. The van der Waals surface area contributed by atoms with E-state index in [1.807, 2.05) is 16.3 Å². The predicted molar refractivity (Wildman–Crippen MR) is 68.6 cm³/mol. The third-order valence-corrected chi connectivity index (χ3v) is 3.30. The largest absolute Gasteiger partial charge is 0.395 e. The number of rotatable bonds is 6. The van der Waals surface area contributed by atoms with E-state index in [1.165, 1.54) is 0 Å². The first-order chi connectivity index (χ1) is 8.36. The lowest BCUT2D eigenvalue weighted by Crippen LogP contribution is -2.31. The minimum atomic E-state index is 0.0966. The third-order valence-electron chi connectivity index (χ3n) is 2.48. The summed E-state index contributed by atoms with van der Waals surface area (Å²) in [4.78, 5) is 11.5. The van der Waals surface area contributed by atoms with Gasteiger partial charge in [0.25, 0.3) is 0 Å². The molecule has 6 heteroatoms. The molecule has 0 fully saturated rings. The Bertz CT molecular complexity index is 474. The van der Waals surface area contributed by atoms with Crippen LogP contribution in [0.25, 0.3) is 10.2 Å². The molecular weight excluding hydrogens is 238 g/mol. The Kier molecular flexibility index (Phi) is 4.24. The Hall–Kier alpha value is -1.24. The molecule has 0 saturated carbocycles. The maximum Gasteiger partial charge on any atom is 0.140 e. The van der Waals surface area contributed by atoms with E-state index in [0.717, 1.165) is 16.0 Å². The highest BCUT2D eigenvalue weighted by atomic mass is 32.1. The lowest BCUT2D eigenvalue weighted by Gasteiger charge is -2.22. The standard InChI is InChI=1S/C11H15N3O2S/c1-16-6-4-14(3-5-15)10-9-2-7-17-11(9)13-8-12-10/h2,7-8,15H,3-6H2,1H3. The number of hydrogen-bond acceptors (Lipinski definition) is 6. The molecule has 92 valence electrons. The molecule has 5 nitrogen and oxygen atoms in total. The molecule has 0 aliphatic heterocycles. The highest BCUT2D eigenvalue weighted by Crippen LogP contribution is 2.26.